The minimum absolute atomic E-state index is 0.126. The molecule has 33 heavy (non-hydrogen) atoms. The van der Waals surface area contributed by atoms with Crippen molar-refractivity contribution in [2.45, 2.75) is 37.4 Å². The summed E-state index contributed by atoms with van der Waals surface area (Å²) in [6.45, 7) is 4.57. The van der Waals surface area contributed by atoms with E-state index in [0.29, 0.717) is 46.6 Å². The monoisotopic (exact) mass is 464 g/mol. The van der Waals surface area contributed by atoms with Crippen LogP contribution in [0.1, 0.15) is 42.9 Å². The van der Waals surface area contributed by atoms with Crippen molar-refractivity contribution in [3.05, 3.63) is 88.4 Å². The molecule has 1 aliphatic heterocycles. The van der Waals surface area contributed by atoms with Gasteiger partial charge in [-0.1, -0.05) is 54.1 Å². The Balaban J connectivity index is 1.80. The number of benzene rings is 3. The number of carbonyl (C=O) groups is 1. The summed E-state index contributed by atoms with van der Waals surface area (Å²) in [5.41, 5.74) is -1.38. The smallest absolute Gasteiger partial charge is 0.200 e. The largest absolute Gasteiger partial charge is 0.494 e. The number of Topliss-reactive ketones (excluding diaryl/α,β-unsaturated/α-hetero) is 1. The Morgan fingerprint density at radius 3 is 2.39 bits per heavy atom. The van der Waals surface area contributed by atoms with Gasteiger partial charge in [0.1, 0.15) is 17.2 Å². The van der Waals surface area contributed by atoms with Crippen LogP contribution in [0.15, 0.2) is 66.7 Å². The minimum Gasteiger partial charge on any atom is -0.494 e. The van der Waals surface area contributed by atoms with E-state index in [1.807, 2.05) is 56.3 Å². The molecular formula is C27H25ClO5. The van der Waals surface area contributed by atoms with Crippen LogP contribution in [0.3, 0.4) is 0 Å². The number of aliphatic hydroxyl groups is 1. The van der Waals surface area contributed by atoms with Crippen LogP contribution in [0.4, 0.5) is 0 Å². The van der Waals surface area contributed by atoms with Gasteiger partial charge in [-0.05, 0) is 37.1 Å². The SMILES string of the molecule is CCOc1cc(OCC)c2c(c1)O[C@]1(c3ccc(Cl)cc3)[C@H](c3ccccc3)CC(=O)[C@]21O. The Hall–Kier alpha value is -3.02. The normalized spacial score (nSPS) is 25.3. The molecule has 1 aliphatic carbocycles. The van der Waals surface area contributed by atoms with E-state index in [9.17, 15) is 9.90 Å². The molecule has 1 saturated carbocycles. The van der Waals surface area contributed by atoms with Crippen LogP contribution in [0.5, 0.6) is 17.2 Å². The Kier molecular flexibility index (Phi) is 5.34. The maximum Gasteiger partial charge on any atom is 0.200 e. The summed E-state index contributed by atoms with van der Waals surface area (Å²) < 4.78 is 18.3. The fourth-order valence-corrected chi connectivity index (χ4v) is 5.43. The van der Waals surface area contributed by atoms with Gasteiger partial charge < -0.3 is 19.3 Å². The Labute approximate surface area is 197 Å². The van der Waals surface area contributed by atoms with Crippen molar-refractivity contribution in [2.75, 3.05) is 13.2 Å². The third-order valence-electron chi connectivity index (χ3n) is 6.58. The molecule has 6 heteroatoms. The van der Waals surface area contributed by atoms with Crippen LogP contribution in [0.25, 0.3) is 0 Å². The molecule has 1 fully saturated rings. The van der Waals surface area contributed by atoms with E-state index in [2.05, 4.69) is 0 Å². The molecule has 1 N–H and O–H groups in total. The molecule has 0 spiro atoms. The quantitative estimate of drug-likeness (QED) is 0.531. The lowest BCUT2D eigenvalue weighted by molar-refractivity contribution is -0.151. The predicted molar refractivity (Wildman–Crippen MR) is 125 cm³/mol. The zero-order valence-corrected chi connectivity index (χ0v) is 19.3. The van der Waals surface area contributed by atoms with Gasteiger partial charge in [0.2, 0.25) is 0 Å². The van der Waals surface area contributed by atoms with Crippen molar-refractivity contribution in [1.29, 1.82) is 0 Å². The number of ketones is 1. The van der Waals surface area contributed by atoms with Gasteiger partial charge in [-0.2, -0.15) is 0 Å². The summed E-state index contributed by atoms with van der Waals surface area (Å²) >= 11 is 6.18. The predicted octanol–water partition coefficient (Wildman–Crippen LogP) is 5.37. The molecule has 2 aliphatic rings. The van der Waals surface area contributed by atoms with Gasteiger partial charge in [-0.3, -0.25) is 4.79 Å². The Morgan fingerprint density at radius 1 is 1.03 bits per heavy atom. The van der Waals surface area contributed by atoms with Crippen LogP contribution in [0, 0.1) is 0 Å². The molecule has 170 valence electrons. The molecule has 5 rings (SSSR count). The average molecular weight is 465 g/mol. The maximum absolute atomic E-state index is 13.7. The first-order valence-corrected chi connectivity index (χ1v) is 11.5. The highest BCUT2D eigenvalue weighted by atomic mass is 35.5. The second-order valence-corrected chi connectivity index (χ2v) is 8.74. The summed E-state index contributed by atoms with van der Waals surface area (Å²) in [6, 6.07) is 20.3. The van der Waals surface area contributed by atoms with E-state index in [-0.39, 0.29) is 12.2 Å². The Morgan fingerprint density at radius 2 is 1.73 bits per heavy atom. The number of halogens is 1. The first-order valence-electron chi connectivity index (χ1n) is 11.2. The molecule has 0 radical (unpaired) electrons. The van der Waals surface area contributed by atoms with Gasteiger partial charge in [-0.25, -0.2) is 0 Å². The molecule has 0 aromatic heterocycles. The lowest BCUT2D eigenvalue weighted by Gasteiger charge is -2.39. The molecular weight excluding hydrogens is 440 g/mol. The molecule has 0 amide bonds. The van der Waals surface area contributed by atoms with Gasteiger partial charge in [-0.15, -0.1) is 0 Å². The molecule has 0 saturated heterocycles. The van der Waals surface area contributed by atoms with Crippen molar-refractivity contribution >= 4 is 17.4 Å². The van der Waals surface area contributed by atoms with E-state index >= 15 is 0 Å². The second kappa shape index (κ2) is 8.08. The minimum atomic E-state index is -1.94. The molecule has 5 nitrogen and oxygen atoms in total. The van der Waals surface area contributed by atoms with E-state index < -0.39 is 17.1 Å². The van der Waals surface area contributed by atoms with Crippen LogP contribution in [0.2, 0.25) is 5.02 Å². The number of ether oxygens (including phenoxy) is 3. The highest BCUT2D eigenvalue weighted by molar-refractivity contribution is 6.30. The van der Waals surface area contributed by atoms with Gasteiger partial charge in [0.25, 0.3) is 0 Å². The maximum atomic E-state index is 13.7. The van der Waals surface area contributed by atoms with Crippen molar-refractivity contribution in [3.63, 3.8) is 0 Å². The zero-order chi connectivity index (χ0) is 23.2. The summed E-state index contributed by atoms with van der Waals surface area (Å²) in [6.07, 6.45) is 0.126. The highest BCUT2D eigenvalue weighted by Gasteiger charge is 2.74. The van der Waals surface area contributed by atoms with Crippen molar-refractivity contribution in [3.8, 4) is 17.2 Å². The van der Waals surface area contributed by atoms with E-state index in [4.69, 9.17) is 25.8 Å². The van der Waals surface area contributed by atoms with E-state index in [0.717, 1.165) is 5.56 Å². The second-order valence-electron chi connectivity index (χ2n) is 8.31. The molecule has 3 aromatic rings. The van der Waals surface area contributed by atoms with Gasteiger partial charge in [0, 0.05) is 29.5 Å². The zero-order valence-electron chi connectivity index (χ0n) is 18.5. The summed E-state index contributed by atoms with van der Waals surface area (Å²) in [4.78, 5) is 13.7. The summed E-state index contributed by atoms with van der Waals surface area (Å²) in [7, 11) is 0. The number of carbonyl (C=O) groups excluding carboxylic acids is 1. The third kappa shape index (κ3) is 3.06. The molecule has 0 bridgehead atoms. The average Bonchev–Trinajstić information content (AvgIpc) is 3.21. The van der Waals surface area contributed by atoms with E-state index in [1.165, 1.54) is 0 Å². The molecule has 0 unspecified atom stereocenters. The first-order chi connectivity index (χ1) is 16.0. The molecule has 3 aromatic carbocycles. The molecule has 1 heterocycles. The lowest BCUT2D eigenvalue weighted by Crippen LogP contribution is -2.50. The topological polar surface area (TPSA) is 65.0 Å². The van der Waals surface area contributed by atoms with Crippen molar-refractivity contribution < 1.29 is 24.1 Å². The Bertz CT molecular complexity index is 1190. The van der Waals surface area contributed by atoms with Gasteiger partial charge >= 0.3 is 0 Å². The third-order valence-corrected chi connectivity index (χ3v) is 6.83. The summed E-state index contributed by atoms with van der Waals surface area (Å²) in [5, 5.41) is 12.9. The fourth-order valence-electron chi connectivity index (χ4n) is 5.31. The fraction of sp³-hybridized carbons (Fsp3) is 0.296. The van der Waals surface area contributed by atoms with Crippen molar-refractivity contribution in [1.82, 2.24) is 0 Å². The number of fused-ring (bicyclic) bond motifs is 3. The standard InChI is InChI=1S/C27H25ClO5/c1-3-31-20-14-22(32-4-2)25-23(15-20)33-27(18-10-12-19(28)13-11-18)21(16-24(29)26(25,27)30)17-8-6-5-7-9-17/h5-15,21,30H,3-4,16H2,1-2H3/t21-,26-,27+/m0/s1. The summed E-state index contributed by atoms with van der Waals surface area (Å²) in [5.74, 6) is 0.595. The van der Waals surface area contributed by atoms with Crippen LogP contribution < -0.4 is 14.2 Å². The molecule has 3 atom stereocenters. The number of hydrogen-bond donors (Lipinski definition) is 1. The van der Waals surface area contributed by atoms with Crippen LogP contribution in [-0.2, 0) is 16.0 Å². The highest BCUT2D eigenvalue weighted by Crippen LogP contribution is 2.67. The van der Waals surface area contributed by atoms with Gasteiger partial charge in [0.15, 0.2) is 17.0 Å². The van der Waals surface area contributed by atoms with Crippen molar-refractivity contribution in [2.24, 2.45) is 0 Å². The van der Waals surface area contributed by atoms with Crippen LogP contribution >= 0.6 is 11.6 Å². The van der Waals surface area contributed by atoms with Crippen LogP contribution in [-0.4, -0.2) is 24.1 Å². The van der Waals surface area contributed by atoms with E-state index in [1.54, 1.807) is 24.3 Å². The number of rotatable bonds is 6. The lowest BCUT2D eigenvalue weighted by atomic mass is 9.71. The van der Waals surface area contributed by atoms with Gasteiger partial charge in [0.05, 0.1) is 18.8 Å². The number of hydrogen-bond acceptors (Lipinski definition) is 5. The first kappa shape index (κ1) is 21.8.